The van der Waals surface area contributed by atoms with Gasteiger partial charge in [0, 0.05) is 26.0 Å². The molecule has 1 saturated heterocycles. The molecule has 0 N–H and O–H groups in total. The molecule has 1 amide bonds. The SMILES string of the molecule is Cn1ncc(C(=O)N2CCOC(c3ccccc3)C2)c1-n1cccc1. The van der Waals surface area contributed by atoms with Gasteiger partial charge in [-0.05, 0) is 17.7 Å². The second-order valence-electron chi connectivity index (χ2n) is 6.12. The van der Waals surface area contributed by atoms with Crippen LogP contribution in [0.25, 0.3) is 5.82 Å². The Labute approximate surface area is 146 Å². The molecule has 1 unspecified atom stereocenters. The maximum Gasteiger partial charge on any atom is 0.259 e. The van der Waals surface area contributed by atoms with Crippen molar-refractivity contribution in [2.24, 2.45) is 7.05 Å². The molecule has 4 rings (SSSR count). The Kier molecular flexibility index (Phi) is 4.11. The van der Waals surface area contributed by atoms with E-state index in [2.05, 4.69) is 5.10 Å². The van der Waals surface area contributed by atoms with Gasteiger partial charge in [0.05, 0.1) is 19.3 Å². The van der Waals surface area contributed by atoms with Crippen molar-refractivity contribution in [3.05, 3.63) is 72.2 Å². The lowest BCUT2D eigenvalue weighted by Gasteiger charge is -2.33. The van der Waals surface area contributed by atoms with E-state index in [0.29, 0.717) is 25.3 Å². The van der Waals surface area contributed by atoms with Crippen LogP contribution >= 0.6 is 0 Å². The molecule has 0 bridgehead atoms. The highest BCUT2D eigenvalue weighted by Crippen LogP contribution is 2.24. The Morgan fingerprint density at radius 1 is 1.16 bits per heavy atom. The Hall–Kier alpha value is -2.86. The first-order valence-electron chi connectivity index (χ1n) is 8.35. The number of carbonyl (C=O) groups excluding carboxylic acids is 1. The highest BCUT2D eigenvalue weighted by atomic mass is 16.5. The number of carbonyl (C=O) groups is 1. The topological polar surface area (TPSA) is 52.3 Å². The summed E-state index contributed by atoms with van der Waals surface area (Å²) in [5.41, 5.74) is 1.70. The van der Waals surface area contributed by atoms with Crippen LogP contribution in [-0.2, 0) is 11.8 Å². The molecule has 0 saturated carbocycles. The first-order chi connectivity index (χ1) is 12.2. The van der Waals surface area contributed by atoms with Crippen molar-refractivity contribution in [2.75, 3.05) is 19.7 Å². The van der Waals surface area contributed by atoms with E-state index in [1.807, 2.05) is 71.4 Å². The summed E-state index contributed by atoms with van der Waals surface area (Å²) in [4.78, 5) is 15.0. The first-order valence-corrected chi connectivity index (χ1v) is 8.35. The van der Waals surface area contributed by atoms with E-state index in [1.54, 1.807) is 10.9 Å². The van der Waals surface area contributed by atoms with Crippen LogP contribution in [-0.4, -0.2) is 44.9 Å². The van der Waals surface area contributed by atoms with Gasteiger partial charge in [-0.2, -0.15) is 5.10 Å². The standard InChI is InChI=1S/C19H20N4O2/c1-21-18(22-9-5-6-10-22)16(13-20-21)19(24)23-11-12-25-17(14-23)15-7-3-2-4-8-15/h2-10,13,17H,11-12,14H2,1H3. The fraction of sp³-hybridized carbons (Fsp3) is 0.263. The highest BCUT2D eigenvalue weighted by Gasteiger charge is 2.28. The Morgan fingerprint density at radius 2 is 1.92 bits per heavy atom. The molecule has 0 radical (unpaired) electrons. The summed E-state index contributed by atoms with van der Waals surface area (Å²) in [6.45, 7) is 1.66. The van der Waals surface area contributed by atoms with E-state index in [4.69, 9.17) is 4.74 Å². The van der Waals surface area contributed by atoms with Crippen molar-refractivity contribution in [2.45, 2.75) is 6.10 Å². The lowest BCUT2D eigenvalue weighted by atomic mass is 10.1. The molecular weight excluding hydrogens is 316 g/mol. The first kappa shape index (κ1) is 15.7. The predicted octanol–water partition coefficient (Wildman–Crippen LogP) is 2.42. The Bertz CT molecular complexity index is 855. The van der Waals surface area contributed by atoms with Crippen molar-refractivity contribution >= 4 is 5.91 Å². The number of rotatable bonds is 3. The maximum atomic E-state index is 13.1. The zero-order valence-electron chi connectivity index (χ0n) is 14.1. The molecule has 128 valence electrons. The van der Waals surface area contributed by atoms with Crippen molar-refractivity contribution < 1.29 is 9.53 Å². The van der Waals surface area contributed by atoms with Crippen LogP contribution in [0.4, 0.5) is 0 Å². The van der Waals surface area contributed by atoms with Gasteiger partial charge in [-0.3, -0.25) is 9.48 Å². The number of aromatic nitrogens is 3. The van der Waals surface area contributed by atoms with Crippen molar-refractivity contribution in [3.63, 3.8) is 0 Å². The Balaban J connectivity index is 1.59. The summed E-state index contributed by atoms with van der Waals surface area (Å²) in [7, 11) is 1.85. The minimum Gasteiger partial charge on any atom is -0.370 e. The molecule has 6 heteroatoms. The van der Waals surface area contributed by atoms with Crippen LogP contribution in [0.5, 0.6) is 0 Å². The molecule has 1 atom stereocenters. The molecular formula is C19H20N4O2. The number of hydrogen-bond donors (Lipinski definition) is 0. The van der Waals surface area contributed by atoms with Gasteiger partial charge in [0.2, 0.25) is 0 Å². The minimum atomic E-state index is -0.0920. The monoisotopic (exact) mass is 336 g/mol. The van der Waals surface area contributed by atoms with Gasteiger partial charge in [-0.15, -0.1) is 0 Å². The molecule has 2 aromatic heterocycles. The van der Waals surface area contributed by atoms with Crippen LogP contribution in [0.15, 0.2) is 61.1 Å². The van der Waals surface area contributed by atoms with E-state index in [9.17, 15) is 4.79 Å². The molecule has 1 aliphatic rings. The minimum absolute atomic E-state index is 0.0129. The van der Waals surface area contributed by atoms with Crippen LogP contribution in [0, 0.1) is 0 Å². The Morgan fingerprint density at radius 3 is 2.68 bits per heavy atom. The van der Waals surface area contributed by atoms with E-state index >= 15 is 0 Å². The summed E-state index contributed by atoms with van der Waals surface area (Å²) < 4.78 is 9.50. The number of ether oxygens (including phenoxy) is 1. The highest BCUT2D eigenvalue weighted by molar-refractivity contribution is 5.97. The summed E-state index contributed by atoms with van der Waals surface area (Å²) in [5, 5.41) is 4.28. The van der Waals surface area contributed by atoms with Gasteiger partial charge in [0.15, 0.2) is 0 Å². The molecule has 25 heavy (non-hydrogen) atoms. The number of hydrogen-bond acceptors (Lipinski definition) is 3. The number of amides is 1. The second kappa shape index (κ2) is 6.57. The van der Waals surface area contributed by atoms with Gasteiger partial charge in [-0.1, -0.05) is 30.3 Å². The van der Waals surface area contributed by atoms with Crippen LogP contribution in [0.3, 0.4) is 0 Å². The third kappa shape index (κ3) is 2.96. The zero-order chi connectivity index (χ0) is 17.2. The maximum absolute atomic E-state index is 13.1. The average molecular weight is 336 g/mol. The summed E-state index contributed by atoms with van der Waals surface area (Å²) in [5.74, 6) is 0.763. The number of aryl methyl sites for hydroxylation is 1. The number of nitrogens with zero attached hydrogens (tertiary/aromatic N) is 4. The average Bonchev–Trinajstić information content (AvgIpc) is 3.31. The van der Waals surface area contributed by atoms with Crippen LogP contribution in [0.2, 0.25) is 0 Å². The number of morpholine rings is 1. The summed E-state index contributed by atoms with van der Waals surface area (Å²) in [6, 6.07) is 13.9. The molecule has 3 aromatic rings. The fourth-order valence-corrected chi connectivity index (χ4v) is 3.24. The molecule has 1 aliphatic heterocycles. The van der Waals surface area contributed by atoms with E-state index in [-0.39, 0.29) is 12.0 Å². The predicted molar refractivity (Wildman–Crippen MR) is 93.6 cm³/mol. The van der Waals surface area contributed by atoms with Crippen molar-refractivity contribution in [3.8, 4) is 5.82 Å². The lowest BCUT2D eigenvalue weighted by Crippen LogP contribution is -2.42. The largest absolute Gasteiger partial charge is 0.370 e. The fourth-order valence-electron chi connectivity index (χ4n) is 3.24. The summed E-state index contributed by atoms with van der Waals surface area (Å²) in [6.07, 6.45) is 5.38. The van der Waals surface area contributed by atoms with E-state index < -0.39 is 0 Å². The third-order valence-corrected chi connectivity index (χ3v) is 4.51. The zero-order valence-corrected chi connectivity index (χ0v) is 14.1. The second-order valence-corrected chi connectivity index (χ2v) is 6.12. The number of benzene rings is 1. The molecule has 1 fully saturated rings. The van der Waals surface area contributed by atoms with Crippen LogP contribution < -0.4 is 0 Å². The molecule has 0 aliphatic carbocycles. The van der Waals surface area contributed by atoms with Crippen LogP contribution in [0.1, 0.15) is 22.0 Å². The lowest BCUT2D eigenvalue weighted by molar-refractivity contribution is -0.0228. The third-order valence-electron chi connectivity index (χ3n) is 4.51. The van der Waals surface area contributed by atoms with Gasteiger partial charge in [0.1, 0.15) is 17.5 Å². The molecule has 1 aromatic carbocycles. The van der Waals surface area contributed by atoms with Crippen molar-refractivity contribution in [1.82, 2.24) is 19.2 Å². The van der Waals surface area contributed by atoms with Gasteiger partial charge < -0.3 is 14.2 Å². The van der Waals surface area contributed by atoms with Crippen molar-refractivity contribution in [1.29, 1.82) is 0 Å². The molecule has 0 spiro atoms. The smallest absolute Gasteiger partial charge is 0.259 e. The summed E-state index contributed by atoms with van der Waals surface area (Å²) >= 11 is 0. The molecule has 3 heterocycles. The quantitative estimate of drug-likeness (QED) is 0.738. The van der Waals surface area contributed by atoms with Gasteiger partial charge in [-0.25, -0.2) is 0 Å². The van der Waals surface area contributed by atoms with Gasteiger partial charge >= 0.3 is 0 Å². The molecule has 6 nitrogen and oxygen atoms in total. The van der Waals surface area contributed by atoms with E-state index in [0.717, 1.165) is 11.4 Å². The van der Waals surface area contributed by atoms with Gasteiger partial charge in [0.25, 0.3) is 5.91 Å². The normalized spacial score (nSPS) is 17.6. The van der Waals surface area contributed by atoms with E-state index in [1.165, 1.54) is 0 Å².